The Morgan fingerprint density at radius 2 is 1.91 bits per heavy atom. The largest absolute Gasteiger partial charge is 0.493 e. The van der Waals surface area contributed by atoms with E-state index < -0.39 is 23.5 Å². The Kier molecular flexibility index (Phi) is 4.63. The third kappa shape index (κ3) is 2.86. The van der Waals surface area contributed by atoms with Crippen LogP contribution in [0.2, 0.25) is 0 Å². The van der Waals surface area contributed by atoms with E-state index in [9.17, 15) is 9.59 Å². The van der Waals surface area contributed by atoms with Gasteiger partial charge < -0.3 is 28.8 Å². The van der Waals surface area contributed by atoms with Crippen LogP contribution in [0.4, 0.5) is 11.5 Å². The molecule has 5 rings (SSSR count). The molecule has 1 aromatic heterocycles. The number of hydrogen-bond donors (Lipinski definition) is 1. The van der Waals surface area contributed by atoms with Gasteiger partial charge in [0.2, 0.25) is 17.6 Å². The van der Waals surface area contributed by atoms with E-state index in [-0.39, 0.29) is 18.4 Å². The zero-order valence-electron chi connectivity index (χ0n) is 18.1. The van der Waals surface area contributed by atoms with Crippen molar-refractivity contribution in [2.75, 3.05) is 38.1 Å². The molecule has 0 aliphatic carbocycles. The van der Waals surface area contributed by atoms with Crippen molar-refractivity contribution in [2.45, 2.75) is 18.6 Å². The molecule has 0 saturated carbocycles. The Morgan fingerprint density at radius 3 is 2.50 bits per heavy atom. The molecule has 32 heavy (non-hydrogen) atoms. The molecule has 4 atom stereocenters. The Hall–Kier alpha value is -3.53. The number of benzene rings is 1. The van der Waals surface area contributed by atoms with Crippen LogP contribution in [0, 0.1) is 18.8 Å². The smallest absolute Gasteiger partial charge is 0.235 e. The molecule has 2 saturated heterocycles. The first-order chi connectivity index (χ1) is 15.4. The summed E-state index contributed by atoms with van der Waals surface area (Å²) >= 11 is 0. The summed E-state index contributed by atoms with van der Waals surface area (Å²) in [6.45, 7) is 2.04. The van der Waals surface area contributed by atoms with Crippen molar-refractivity contribution in [1.29, 1.82) is 0 Å². The standard InChI is InChI=1S/C22H23N3O7/c1-11-7-16(24-32-11)25-10-22-6-5-13(31-22)17(18(22)21(25)27)20(26)23-12-8-14(28-2)19(30-4)15(9-12)29-3/h5-9,13,17-18H,10H2,1-4H3,(H,23,26)/t13-,17+,18+,22-/m0/s1. The van der Waals surface area contributed by atoms with Crippen molar-refractivity contribution in [3.8, 4) is 17.2 Å². The number of carbonyl (C=O) groups excluding carboxylic acids is 2. The number of hydrogen-bond acceptors (Lipinski definition) is 8. The van der Waals surface area contributed by atoms with E-state index in [1.807, 2.05) is 12.2 Å². The van der Waals surface area contributed by atoms with Gasteiger partial charge in [-0.25, -0.2) is 0 Å². The maximum Gasteiger partial charge on any atom is 0.235 e. The van der Waals surface area contributed by atoms with Crippen LogP contribution in [-0.2, 0) is 14.3 Å². The SMILES string of the molecule is COc1cc(NC(=O)[C@@H]2[C@@H]3C=C[C@@]4(CN(c5cc(C)on5)C(=O)[C@@H]24)O3)cc(OC)c1OC. The van der Waals surface area contributed by atoms with Gasteiger partial charge in [-0.05, 0) is 6.92 Å². The zero-order valence-corrected chi connectivity index (χ0v) is 18.1. The maximum absolute atomic E-state index is 13.3. The molecule has 2 aromatic rings. The summed E-state index contributed by atoms with van der Waals surface area (Å²) in [6.07, 6.45) is 3.25. The lowest BCUT2D eigenvalue weighted by Gasteiger charge is -2.23. The number of methoxy groups -OCH3 is 3. The minimum Gasteiger partial charge on any atom is -0.493 e. The summed E-state index contributed by atoms with van der Waals surface area (Å²) in [6, 6.07) is 4.97. The molecule has 0 radical (unpaired) electrons. The van der Waals surface area contributed by atoms with E-state index in [1.54, 1.807) is 25.1 Å². The van der Waals surface area contributed by atoms with Crippen LogP contribution in [0.25, 0.3) is 0 Å². The first-order valence-electron chi connectivity index (χ1n) is 10.1. The van der Waals surface area contributed by atoms with Gasteiger partial charge in [0.25, 0.3) is 0 Å². The lowest BCUT2D eigenvalue weighted by molar-refractivity contribution is -0.128. The lowest BCUT2D eigenvalue weighted by Crippen LogP contribution is -2.41. The highest BCUT2D eigenvalue weighted by Gasteiger charge is 2.67. The molecule has 10 heteroatoms. The molecular formula is C22H23N3O7. The second-order valence-electron chi connectivity index (χ2n) is 8.02. The minimum atomic E-state index is -0.855. The van der Waals surface area contributed by atoms with Gasteiger partial charge in [0.15, 0.2) is 17.3 Å². The molecular weight excluding hydrogens is 418 g/mol. The van der Waals surface area contributed by atoms with Crippen molar-refractivity contribution in [3.63, 3.8) is 0 Å². The van der Waals surface area contributed by atoms with E-state index in [1.165, 1.54) is 26.2 Å². The second-order valence-corrected chi connectivity index (χ2v) is 8.02. The highest BCUT2D eigenvalue weighted by molar-refractivity contribution is 6.05. The van der Waals surface area contributed by atoms with Gasteiger partial charge in [-0.3, -0.25) is 14.5 Å². The monoisotopic (exact) mass is 441 g/mol. The fourth-order valence-corrected chi connectivity index (χ4v) is 4.85. The van der Waals surface area contributed by atoms with E-state index >= 15 is 0 Å². The van der Waals surface area contributed by atoms with Gasteiger partial charge in [-0.1, -0.05) is 17.3 Å². The fraction of sp³-hybridized carbons (Fsp3) is 0.409. The van der Waals surface area contributed by atoms with E-state index in [0.717, 1.165) is 0 Å². The molecule has 0 unspecified atom stereocenters. The second kappa shape index (κ2) is 7.27. The van der Waals surface area contributed by atoms with Crippen molar-refractivity contribution < 1.29 is 33.1 Å². The van der Waals surface area contributed by atoms with Crippen molar-refractivity contribution in [2.24, 2.45) is 11.8 Å². The van der Waals surface area contributed by atoms with E-state index in [2.05, 4.69) is 10.5 Å². The number of amides is 2. The number of ether oxygens (including phenoxy) is 4. The van der Waals surface area contributed by atoms with Gasteiger partial charge in [0.1, 0.15) is 11.4 Å². The summed E-state index contributed by atoms with van der Waals surface area (Å²) in [5.74, 6) is 0.366. The van der Waals surface area contributed by atoms with Crippen LogP contribution in [0.3, 0.4) is 0 Å². The molecule has 168 valence electrons. The topological polar surface area (TPSA) is 112 Å². The summed E-state index contributed by atoms with van der Waals surface area (Å²) in [5, 5.41) is 6.84. The average Bonchev–Trinajstić information content (AvgIpc) is 3.53. The molecule has 3 aliphatic rings. The zero-order chi connectivity index (χ0) is 22.6. The molecule has 2 fully saturated rings. The molecule has 1 aromatic carbocycles. The van der Waals surface area contributed by atoms with Crippen molar-refractivity contribution in [3.05, 3.63) is 36.1 Å². The van der Waals surface area contributed by atoms with Gasteiger partial charge >= 0.3 is 0 Å². The maximum atomic E-state index is 13.3. The normalized spacial score (nSPS) is 27.6. The highest BCUT2D eigenvalue weighted by Crippen LogP contribution is 2.53. The molecule has 10 nitrogen and oxygen atoms in total. The predicted octanol–water partition coefficient (Wildman–Crippen LogP) is 1.93. The molecule has 2 bridgehead atoms. The van der Waals surface area contributed by atoms with E-state index in [4.69, 9.17) is 23.5 Å². The van der Waals surface area contributed by atoms with Gasteiger partial charge in [-0.15, -0.1) is 0 Å². The molecule has 3 aliphatic heterocycles. The van der Waals surface area contributed by atoms with Gasteiger partial charge in [-0.2, -0.15) is 0 Å². The fourth-order valence-electron chi connectivity index (χ4n) is 4.85. The molecule has 1 N–H and O–H groups in total. The number of aromatic nitrogens is 1. The number of rotatable bonds is 6. The first-order valence-corrected chi connectivity index (χ1v) is 10.1. The van der Waals surface area contributed by atoms with Crippen molar-refractivity contribution >= 4 is 23.3 Å². The Balaban J connectivity index is 1.43. The first kappa shape index (κ1) is 20.4. The number of nitrogens with zero attached hydrogens (tertiary/aromatic N) is 2. The van der Waals surface area contributed by atoms with Gasteiger partial charge in [0, 0.05) is 23.9 Å². The van der Waals surface area contributed by atoms with Crippen LogP contribution in [0.1, 0.15) is 5.76 Å². The predicted molar refractivity (Wildman–Crippen MR) is 112 cm³/mol. The average molecular weight is 441 g/mol. The molecule has 2 amide bonds. The number of aryl methyl sites for hydroxylation is 1. The lowest BCUT2D eigenvalue weighted by atomic mass is 9.77. The van der Waals surface area contributed by atoms with Crippen molar-refractivity contribution in [1.82, 2.24) is 5.16 Å². The molecule has 1 spiro atoms. The third-order valence-electron chi connectivity index (χ3n) is 6.23. The number of carbonyl (C=O) groups is 2. The van der Waals surface area contributed by atoms with Crippen LogP contribution in [0.5, 0.6) is 17.2 Å². The molecule has 4 heterocycles. The number of nitrogens with one attached hydrogen (secondary N) is 1. The van der Waals surface area contributed by atoms with Crippen LogP contribution in [0.15, 0.2) is 34.9 Å². The Morgan fingerprint density at radius 1 is 1.19 bits per heavy atom. The quantitative estimate of drug-likeness (QED) is 0.677. The minimum absolute atomic E-state index is 0.213. The van der Waals surface area contributed by atoms with Crippen LogP contribution < -0.4 is 24.4 Å². The van der Waals surface area contributed by atoms with E-state index in [0.29, 0.717) is 34.5 Å². The highest BCUT2D eigenvalue weighted by atomic mass is 16.5. The Labute approximate surface area is 184 Å². The summed E-state index contributed by atoms with van der Waals surface area (Å²) in [5.41, 5.74) is -0.397. The summed E-state index contributed by atoms with van der Waals surface area (Å²) in [4.78, 5) is 28.2. The Bertz CT molecular complexity index is 1100. The van der Waals surface area contributed by atoms with Gasteiger partial charge in [0.05, 0.1) is 45.8 Å². The van der Waals surface area contributed by atoms with Crippen LogP contribution >= 0.6 is 0 Å². The third-order valence-corrected chi connectivity index (χ3v) is 6.23. The van der Waals surface area contributed by atoms with Crippen LogP contribution in [-0.4, -0.2) is 56.6 Å². The number of fused-ring (bicyclic) bond motifs is 1. The number of anilines is 2. The summed E-state index contributed by atoms with van der Waals surface area (Å²) < 4.78 is 27.3. The summed E-state index contributed by atoms with van der Waals surface area (Å²) in [7, 11) is 4.50.